The number of nitrogens with zero attached hydrogens (tertiary/aromatic N) is 2. The molecule has 0 aromatic heterocycles. The maximum atomic E-state index is 4.69. The maximum Gasteiger partial charge on any atom is 0.279 e. The number of methoxy groups -OCH3 is 1. The molecule has 0 aliphatic carbocycles. The molecule has 0 saturated carbocycles. The van der Waals surface area contributed by atoms with Crippen LogP contribution in [0, 0.1) is 0 Å². The van der Waals surface area contributed by atoms with Gasteiger partial charge in [0.25, 0.3) is 5.88 Å². The molecule has 3 nitrogen and oxygen atoms in total. The summed E-state index contributed by atoms with van der Waals surface area (Å²) in [5.74, 6) is 0.424. The molecule has 0 saturated heterocycles. The van der Waals surface area contributed by atoms with Gasteiger partial charge in [-0.05, 0) is 0 Å². The van der Waals surface area contributed by atoms with Crippen LogP contribution in [0.2, 0.25) is 0 Å². The Morgan fingerprint density at radius 1 is 1.75 bits per heavy atom. The smallest absolute Gasteiger partial charge is 0.279 e. The largest absolute Gasteiger partial charge is 0.474 e. The summed E-state index contributed by atoms with van der Waals surface area (Å²) in [6.45, 7) is 0. The van der Waals surface area contributed by atoms with Crippen molar-refractivity contribution in [3.63, 3.8) is 0 Å². The molecule has 1 heterocycles. The zero-order valence-electron chi connectivity index (χ0n) is 4.46. The molecule has 0 N–H and O–H groups in total. The van der Waals surface area contributed by atoms with Gasteiger partial charge in [-0.25, -0.2) is 0 Å². The molecule has 8 heavy (non-hydrogen) atoms. The Kier molecular flexibility index (Phi) is 1.35. The highest BCUT2D eigenvalue weighted by atomic mass is 16.5. The van der Waals surface area contributed by atoms with Gasteiger partial charge in [0.1, 0.15) is 0 Å². The van der Waals surface area contributed by atoms with E-state index < -0.39 is 0 Å². The monoisotopic (exact) mass is 109 g/mol. The molecule has 1 radical (unpaired) electrons. The van der Waals surface area contributed by atoms with Gasteiger partial charge in [0, 0.05) is 6.08 Å². The molecule has 41 valence electrons. The molecule has 0 fully saturated rings. The molecule has 1 aliphatic heterocycles. The number of hydrogen-bond donors (Lipinski definition) is 0. The summed E-state index contributed by atoms with van der Waals surface area (Å²) in [6, 6.07) is 0. The fraction of sp³-hybridized carbons (Fsp3) is 0.200. The number of hydrogen-bond acceptors (Lipinski definition) is 2. The van der Waals surface area contributed by atoms with Crippen molar-refractivity contribution in [2.45, 2.75) is 0 Å². The van der Waals surface area contributed by atoms with Crippen LogP contribution in [0.25, 0.3) is 0 Å². The Morgan fingerprint density at radius 3 is 3.00 bits per heavy atom. The molecule has 0 bridgehead atoms. The average Bonchev–Trinajstić information content (AvgIpc) is 1.90. The first kappa shape index (κ1) is 4.94. The highest BCUT2D eigenvalue weighted by molar-refractivity contribution is 5.71. The summed E-state index contributed by atoms with van der Waals surface area (Å²) in [6.07, 6.45) is 3.19. The van der Waals surface area contributed by atoms with Crippen LogP contribution in [-0.2, 0) is 4.74 Å². The van der Waals surface area contributed by atoms with E-state index in [-0.39, 0.29) is 0 Å². The minimum Gasteiger partial charge on any atom is -0.474 e. The lowest BCUT2D eigenvalue weighted by Crippen LogP contribution is -1.99. The lowest BCUT2D eigenvalue weighted by Gasteiger charge is -1.97. The first-order valence-electron chi connectivity index (χ1n) is 2.17. The lowest BCUT2D eigenvalue weighted by atomic mass is 10.6. The van der Waals surface area contributed by atoms with Gasteiger partial charge in [-0.1, -0.05) is 5.73 Å². The predicted octanol–water partition coefficient (Wildman–Crippen LogP) is 0.233. The first-order chi connectivity index (χ1) is 3.93. The fourth-order valence-corrected chi connectivity index (χ4v) is 0.356. The van der Waals surface area contributed by atoms with E-state index in [9.17, 15) is 0 Å². The van der Waals surface area contributed by atoms with Crippen LogP contribution in [0.15, 0.2) is 22.8 Å². The van der Waals surface area contributed by atoms with Crippen LogP contribution in [0.3, 0.4) is 0 Å². The summed E-state index contributed by atoms with van der Waals surface area (Å²) in [5, 5.41) is 3.55. The predicted molar refractivity (Wildman–Crippen MR) is 29.2 cm³/mol. The number of ether oxygens (including phenoxy) is 1. The molecule has 1 aliphatic rings. The van der Waals surface area contributed by atoms with Gasteiger partial charge in [0.05, 0.1) is 13.3 Å². The zero-order chi connectivity index (χ0) is 5.82. The van der Waals surface area contributed by atoms with E-state index in [1.54, 1.807) is 12.3 Å². The summed E-state index contributed by atoms with van der Waals surface area (Å²) < 4.78 is 4.69. The van der Waals surface area contributed by atoms with E-state index in [0.717, 1.165) is 0 Å². The van der Waals surface area contributed by atoms with Gasteiger partial charge in [0.15, 0.2) is 0 Å². The van der Waals surface area contributed by atoms with Crippen molar-refractivity contribution < 1.29 is 4.74 Å². The first-order valence-corrected chi connectivity index (χ1v) is 2.17. The second-order valence-electron chi connectivity index (χ2n) is 1.18. The molecule has 0 aromatic rings. The Balaban J connectivity index is 2.69. The molecule has 3 heteroatoms. The Labute approximate surface area is 47.3 Å². The van der Waals surface area contributed by atoms with Crippen LogP contribution in [-0.4, -0.2) is 13.3 Å². The van der Waals surface area contributed by atoms with Gasteiger partial charge in [-0.2, -0.15) is 5.10 Å². The van der Waals surface area contributed by atoms with E-state index in [1.807, 2.05) is 0 Å². The van der Waals surface area contributed by atoms with Crippen LogP contribution >= 0.6 is 0 Å². The van der Waals surface area contributed by atoms with Gasteiger partial charge in [-0.3, -0.25) is 0 Å². The van der Waals surface area contributed by atoms with Crippen molar-refractivity contribution in [1.29, 1.82) is 0 Å². The summed E-state index contributed by atoms with van der Waals surface area (Å²) in [4.78, 5) is 0. The van der Waals surface area contributed by atoms with E-state index in [4.69, 9.17) is 0 Å². The SMILES string of the molecule is COC1=C=CC=N[N]1. The van der Waals surface area contributed by atoms with Crippen LogP contribution in [0.5, 0.6) is 0 Å². The Bertz CT molecular complexity index is 165. The fourth-order valence-electron chi connectivity index (χ4n) is 0.356. The van der Waals surface area contributed by atoms with Crippen molar-refractivity contribution in [3.8, 4) is 0 Å². The molecule has 0 spiro atoms. The minimum atomic E-state index is 0.424. The van der Waals surface area contributed by atoms with Gasteiger partial charge < -0.3 is 4.74 Å². The van der Waals surface area contributed by atoms with Crippen molar-refractivity contribution in [3.05, 3.63) is 17.7 Å². The van der Waals surface area contributed by atoms with Crippen molar-refractivity contribution in [2.75, 3.05) is 7.11 Å². The maximum absolute atomic E-state index is 4.69. The van der Waals surface area contributed by atoms with Crippen molar-refractivity contribution in [1.82, 2.24) is 5.43 Å². The zero-order valence-corrected chi connectivity index (χ0v) is 4.46. The van der Waals surface area contributed by atoms with Gasteiger partial charge in [-0.15, -0.1) is 5.43 Å². The molecular weight excluding hydrogens is 104 g/mol. The van der Waals surface area contributed by atoms with Crippen LogP contribution < -0.4 is 5.43 Å². The van der Waals surface area contributed by atoms with E-state index in [1.165, 1.54) is 7.11 Å². The molecule has 0 atom stereocenters. The van der Waals surface area contributed by atoms with Crippen molar-refractivity contribution >= 4 is 6.21 Å². The standard InChI is InChI=1S/C5H5N2O/c1-8-5-3-2-4-6-7-5/h2,4H,1H3. The normalized spacial score (nSPS) is 14.9. The van der Waals surface area contributed by atoms with E-state index in [2.05, 4.69) is 21.0 Å². The highest BCUT2D eigenvalue weighted by Crippen LogP contribution is 1.90. The second kappa shape index (κ2) is 2.19. The second-order valence-corrected chi connectivity index (χ2v) is 1.18. The van der Waals surface area contributed by atoms with Crippen LogP contribution in [0.4, 0.5) is 0 Å². The Morgan fingerprint density at radius 2 is 2.62 bits per heavy atom. The lowest BCUT2D eigenvalue weighted by molar-refractivity contribution is 0.261. The Hall–Kier alpha value is -1.21. The van der Waals surface area contributed by atoms with Gasteiger partial charge in [0.2, 0.25) is 0 Å². The summed E-state index contributed by atoms with van der Waals surface area (Å²) in [5.41, 5.74) is 6.29. The highest BCUT2D eigenvalue weighted by Gasteiger charge is 1.92. The third-order valence-corrected chi connectivity index (χ3v) is 0.690. The molecule has 0 unspecified atom stereocenters. The van der Waals surface area contributed by atoms with Crippen molar-refractivity contribution in [2.24, 2.45) is 5.10 Å². The minimum absolute atomic E-state index is 0.424. The third kappa shape index (κ3) is 0.891. The molecular formula is C5H5N2O. The summed E-state index contributed by atoms with van der Waals surface area (Å²) >= 11 is 0. The van der Waals surface area contributed by atoms with Crippen LogP contribution in [0.1, 0.15) is 0 Å². The number of rotatable bonds is 1. The molecule has 0 aromatic carbocycles. The molecule has 0 amide bonds. The number of allylic oxidation sites excluding steroid dienone is 1. The quantitative estimate of drug-likeness (QED) is 0.444. The topological polar surface area (TPSA) is 35.7 Å². The average molecular weight is 109 g/mol. The van der Waals surface area contributed by atoms with Gasteiger partial charge >= 0.3 is 0 Å². The third-order valence-electron chi connectivity index (χ3n) is 0.690. The van der Waals surface area contributed by atoms with E-state index >= 15 is 0 Å². The summed E-state index contributed by atoms with van der Waals surface area (Å²) in [7, 11) is 1.53. The molecule has 1 rings (SSSR count). The van der Waals surface area contributed by atoms with E-state index in [0.29, 0.717) is 5.88 Å².